The fraction of sp³-hybridized carbons (Fsp3) is 0.258. The number of rotatable bonds is 8. The largest absolute Gasteiger partial charge is 0.497 e. The van der Waals surface area contributed by atoms with Crippen LogP contribution in [0.15, 0.2) is 77.8 Å². The standard InChI is InChI=1S/C31H32N4O8S/c1-20-8-3-6-13-28(20)44(40,41)35(29(36)21-9-7-12-25(16-21)42-2)19-22-18-34(30(37)33-39)27-15-14-23(17-26(22)27)32-31(38)43-24-10-4-5-11-24/h3,6-9,12-18,24,39H,4-5,10-11,19H2,1-2H3,(H,32,38)(H,33,37). The zero-order valence-corrected chi connectivity index (χ0v) is 25.0. The average Bonchev–Trinajstić information content (AvgIpc) is 3.66. The molecule has 0 atom stereocenters. The van der Waals surface area contributed by atoms with E-state index < -0.39 is 34.6 Å². The van der Waals surface area contributed by atoms with Gasteiger partial charge in [0.05, 0.1) is 24.1 Å². The molecule has 0 spiro atoms. The van der Waals surface area contributed by atoms with E-state index in [4.69, 9.17) is 9.47 Å². The predicted octanol–water partition coefficient (Wildman–Crippen LogP) is 5.43. The van der Waals surface area contributed by atoms with Crippen LogP contribution in [0, 0.1) is 6.92 Å². The smallest absolute Gasteiger partial charge is 0.411 e. The fourth-order valence-electron chi connectivity index (χ4n) is 5.31. The normalized spacial score (nSPS) is 13.4. The maximum absolute atomic E-state index is 14.1. The minimum Gasteiger partial charge on any atom is -0.497 e. The van der Waals surface area contributed by atoms with Gasteiger partial charge in [-0.25, -0.2) is 27.8 Å². The lowest BCUT2D eigenvalue weighted by Crippen LogP contribution is -2.36. The molecule has 44 heavy (non-hydrogen) atoms. The first-order valence-corrected chi connectivity index (χ1v) is 15.4. The molecular weight excluding hydrogens is 588 g/mol. The summed E-state index contributed by atoms with van der Waals surface area (Å²) in [6.45, 7) is 1.14. The molecule has 0 bridgehead atoms. The number of aromatic nitrogens is 1. The molecule has 1 aliphatic carbocycles. The molecular formula is C31H32N4O8S. The van der Waals surface area contributed by atoms with Gasteiger partial charge in [0.1, 0.15) is 11.9 Å². The number of carbonyl (C=O) groups is 3. The summed E-state index contributed by atoms with van der Waals surface area (Å²) in [7, 11) is -3.00. The molecule has 0 unspecified atom stereocenters. The SMILES string of the molecule is COc1cccc(C(=O)N(Cc2cn(C(=O)NO)c3ccc(NC(=O)OC4CCCC4)cc23)S(=O)(=O)c2ccccc2C)c1. The van der Waals surface area contributed by atoms with Crippen LogP contribution in [0.4, 0.5) is 15.3 Å². The average molecular weight is 621 g/mol. The van der Waals surface area contributed by atoms with Crippen molar-refractivity contribution in [2.24, 2.45) is 0 Å². The van der Waals surface area contributed by atoms with Crippen LogP contribution in [0.2, 0.25) is 0 Å². The van der Waals surface area contributed by atoms with Gasteiger partial charge in [0.2, 0.25) is 0 Å². The summed E-state index contributed by atoms with van der Waals surface area (Å²) < 4.78 is 40.8. The topological polar surface area (TPSA) is 156 Å². The third kappa shape index (κ3) is 6.24. The molecule has 1 heterocycles. The van der Waals surface area contributed by atoms with Crippen molar-refractivity contribution in [3.63, 3.8) is 0 Å². The van der Waals surface area contributed by atoms with Crippen molar-refractivity contribution in [2.75, 3.05) is 12.4 Å². The summed E-state index contributed by atoms with van der Waals surface area (Å²) in [6, 6.07) is 16.1. The van der Waals surface area contributed by atoms with Gasteiger partial charge < -0.3 is 9.47 Å². The summed E-state index contributed by atoms with van der Waals surface area (Å²) in [6.07, 6.45) is 4.10. The van der Waals surface area contributed by atoms with E-state index in [9.17, 15) is 28.0 Å². The van der Waals surface area contributed by atoms with Crippen molar-refractivity contribution < 1.29 is 37.5 Å². The predicted molar refractivity (Wildman–Crippen MR) is 161 cm³/mol. The number of fused-ring (bicyclic) bond motifs is 1. The Labute approximate surface area is 254 Å². The van der Waals surface area contributed by atoms with Gasteiger partial charge in [0.25, 0.3) is 15.9 Å². The van der Waals surface area contributed by atoms with Crippen LogP contribution < -0.4 is 15.5 Å². The second kappa shape index (κ2) is 12.8. The van der Waals surface area contributed by atoms with E-state index in [1.165, 1.54) is 37.6 Å². The second-order valence-electron chi connectivity index (χ2n) is 10.4. The quantitative estimate of drug-likeness (QED) is 0.174. The van der Waals surface area contributed by atoms with Gasteiger partial charge in [-0.3, -0.25) is 19.9 Å². The number of amides is 3. The third-order valence-electron chi connectivity index (χ3n) is 7.54. The van der Waals surface area contributed by atoms with E-state index >= 15 is 0 Å². The summed E-state index contributed by atoms with van der Waals surface area (Å²) in [5.74, 6) is -0.463. The molecule has 1 aliphatic rings. The number of sulfonamides is 1. The minimum atomic E-state index is -4.43. The number of nitrogens with zero attached hydrogens (tertiary/aromatic N) is 2. The van der Waals surface area contributed by atoms with Crippen LogP contribution in [0.5, 0.6) is 5.75 Å². The Bertz CT molecular complexity index is 1830. The van der Waals surface area contributed by atoms with Gasteiger partial charge in [-0.1, -0.05) is 24.3 Å². The van der Waals surface area contributed by atoms with Crippen molar-refractivity contribution >= 4 is 44.6 Å². The lowest BCUT2D eigenvalue weighted by atomic mass is 10.1. The van der Waals surface area contributed by atoms with Crippen LogP contribution >= 0.6 is 0 Å². The molecule has 3 aromatic carbocycles. The van der Waals surface area contributed by atoms with Crippen LogP contribution in [0.1, 0.15) is 47.2 Å². The van der Waals surface area contributed by atoms with E-state index in [0.29, 0.717) is 27.9 Å². The van der Waals surface area contributed by atoms with Gasteiger partial charge in [0.15, 0.2) is 0 Å². The Balaban J connectivity index is 1.59. The molecule has 1 aromatic heterocycles. The monoisotopic (exact) mass is 620 g/mol. The highest BCUT2D eigenvalue weighted by molar-refractivity contribution is 7.89. The maximum atomic E-state index is 14.1. The molecule has 4 aromatic rings. The number of hydrogen-bond acceptors (Lipinski definition) is 8. The summed E-state index contributed by atoms with van der Waals surface area (Å²) in [5.41, 5.74) is 2.95. The van der Waals surface area contributed by atoms with Crippen molar-refractivity contribution in [1.82, 2.24) is 14.4 Å². The second-order valence-corrected chi connectivity index (χ2v) is 12.3. The van der Waals surface area contributed by atoms with Crippen molar-refractivity contribution in [1.29, 1.82) is 0 Å². The van der Waals surface area contributed by atoms with E-state index in [1.54, 1.807) is 54.9 Å². The molecule has 3 N–H and O–H groups in total. The van der Waals surface area contributed by atoms with E-state index in [0.717, 1.165) is 34.6 Å². The zero-order valence-electron chi connectivity index (χ0n) is 24.1. The summed E-state index contributed by atoms with van der Waals surface area (Å²) >= 11 is 0. The number of hydrogen-bond donors (Lipinski definition) is 3. The van der Waals surface area contributed by atoms with Crippen LogP contribution in [0.3, 0.4) is 0 Å². The third-order valence-corrected chi connectivity index (χ3v) is 9.43. The molecule has 0 aliphatic heterocycles. The van der Waals surface area contributed by atoms with Crippen LogP contribution in [0.25, 0.3) is 10.9 Å². The molecule has 13 heteroatoms. The Morgan fingerprint density at radius 3 is 2.48 bits per heavy atom. The number of ether oxygens (including phenoxy) is 2. The summed E-state index contributed by atoms with van der Waals surface area (Å²) in [5, 5.41) is 12.4. The number of benzene rings is 3. The molecule has 5 rings (SSSR count). The van der Waals surface area contributed by atoms with Crippen molar-refractivity contribution in [2.45, 2.75) is 50.2 Å². The lowest BCUT2D eigenvalue weighted by molar-refractivity contribution is 0.0854. The Hall–Kier alpha value is -4.88. The number of aryl methyl sites for hydroxylation is 1. The van der Waals surface area contributed by atoms with Gasteiger partial charge in [-0.15, -0.1) is 0 Å². The zero-order chi connectivity index (χ0) is 31.4. The molecule has 1 fully saturated rings. The van der Waals surface area contributed by atoms with Gasteiger partial charge in [-0.2, -0.15) is 0 Å². The van der Waals surface area contributed by atoms with Crippen LogP contribution in [-0.4, -0.2) is 53.7 Å². The van der Waals surface area contributed by atoms with Gasteiger partial charge in [0, 0.05) is 22.8 Å². The number of nitrogens with one attached hydrogen (secondary N) is 2. The van der Waals surface area contributed by atoms with Gasteiger partial charge >= 0.3 is 12.1 Å². The fourth-order valence-corrected chi connectivity index (χ4v) is 6.91. The maximum Gasteiger partial charge on any atom is 0.411 e. The van der Waals surface area contributed by atoms with E-state index in [1.807, 2.05) is 0 Å². The molecule has 230 valence electrons. The molecule has 3 amide bonds. The molecule has 0 saturated heterocycles. The van der Waals surface area contributed by atoms with E-state index in [2.05, 4.69) is 5.32 Å². The number of anilines is 1. The van der Waals surface area contributed by atoms with Gasteiger partial charge in [-0.05, 0) is 86.2 Å². The van der Waals surface area contributed by atoms with E-state index in [-0.39, 0.29) is 22.1 Å². The first-order chi connectivity index (χ1) is 21.1. The molecule has 0 radical (unpaired) electrons. The van der Waals surface area contributed by atoms with Crippen molar-refractivity contribution in [3.05, 3.63) is 89.6 Å². The summed E-state index contributed by atoms with van der Waals surface area (Å²) in [4.78, 5) is 39.0. The Morgan fingerprint density at radius 2 is 1.77 bits per heavy atom. The molecule has 1 saturated carbocycles. The highest BCUT2D eigenvalue weighted by Crippen LogP contribution is 2.31. The number of hydroxylamine groups is 1. The first-order valence-electron chi connectivity index (χ1n) is 13.9. The first kappa shape index (κ1) is 30.6. The Kier molecular flexibility index (Phi) is 8.88. The van der Waals surface area contributed by atoms with Crippen molar-refractivity contribution in [3.8, 4) is 5.75 Å². The lowest BCUT2D eigenvalue weighted by Gasteiger charge is -2.23. The highest BCUT2D eigenvalue weighted by atomic mass is 32.2. The van der Waals surface area contributed by atoms with Crippen LogP contribution in [-0.2, 0) is 21.3 Å². The number of carbonyl (C=O) groups excluding carboxylic acids is 3. The Morgan fingerprint density at radius 1 is 1.02 bits per heavy atom. The molecule has 12 nitrogen and oxygen atoms in total. The minimum absolute atomic E-state index is 0.0647. The highest BCUT2D eigenvalue weighted by Gasteiger charge is 2.33. The number of methoxy groups -OCH3 is 1.